The number of rotatable bonds is 3. The molecule has 5 nitrogen and oxygen atoms in total. The second-order valence-corrected chi connectivity index (χ2v) is 5.44. The molecule has 3 heterocycles. The highest BCUT2D eigenvalue weighted by molar-refractivity contribution is 5.95. The average Bonchev–Trinajstić information content (AvgIpc) is 2.95. The van der Waals surface area contributed by atoms with Gasteiger partial charge in [-0.1, -0.05) is 0 Å². The van der Waals surface area contributed by atoms with Crippen LogP contribution in [0.5, 0.6) is 5.88 Å². The van der Waals surface area contributed by atoms with Gasteiger partial charge in [0, 0.05) is 24.6 Å². The van der Waals surface area contributed by atoms with Gasteiger partial charge in [0.05, 0.1) is 12.1 Å². The maximum absolute atomic E-state index is 13.6. The quantitative estimate of drug-likeness (QED) is 0.948. The molecule has 0 bridgehead atoms. The van der Waals surface area contributed by atoms with Crippen molar-refractivity contribution < 1.29 is 13.9 Å². The Hall–Kier alpha value is -2.37. The van der Waals surface area contributed by atoms with Crippen LogP contribution >= 0.6 is 0 Å². The number of nitrogens with one attached hydrogen (secondary N) is 1. The maximum atomic E-state index is 13.6. The summed E-state index contributed by atoms with van der Waals surface area (Å²) in [6.07, 6.45) is 4.62. The summed E-state index contributed by atoms with van der Waals surface area (Å²) in [6.45, 7) is 3.00. The van der Waals surface area contributed by atoms with Gasteiger partial charge in [-0.25, -0.2) is 9.37 Å². The smallest absolute Gasteiger partial charge is 0.255 e. The van der Waals surface area contributed by atoms with Crippen LogP contribution in [0.4, 0.5) is 4.39 Å². The molecule has 22 heavy (non-hydrogen) atoms. The first-order valence-corrected chi connectivity index (χ1v) is 7.35. The third-order valence-electron chi connectivity index (χ3n) is 3.85. The molecule has 3 rings (SSSR count). The van der Waals surface area contributed by atoms with Gasteiger partial charge in [0.1, 0.15) is 6.10 Å². The molecular formula is C16H18FN3O2. The number of aromatic nitrogens is 2. The third kappa shape index (κ3) is 2.95. The number of aromatic amines is 1. The van der Waals surface area contributed by atoms with Gasteiger partial charge in [0.25, 0.3) is 11.8 Å². The van der Waals surface area contributed by atoms with Crippen molar-refractivity contribution in [1.29, 1.82) is 0 Å². The molecule has 1 N–H and O–H groups in total. The number of piperidine rings is 1. The van der Waals surface area contributed by atoms with E-state index in [0.29, 0.717) is 18.7 Å². The fraction of sp³-hybridized carbons (Fsp3) is 0.375. The van der Waals surface area contributed by atoms with Crippen molar-refractivity contribution in [2.75, 3.05) is 13.1 Å². The summed E-state index contributed by atoms with van der Waals surface area (Å²) in [6, 6.07) is 4.62. The van der Waals surface area contributed by atoms with Crippen molar-refractivity contribution in [3.05, 3.63) is 47.7 Å². The predicted octanol–water partition coefficient (Wildman–Crippen LogP) is 2.54. The largest absolute Gasteiger partial charge is 0.470 e. The second-order valence-electron chi connectivity index (χ2n) is 5.44. The second kappa shape index (κ2) is 6.17. The minimum absolute atomic E-state index is 0.000348. The molecule has 0 aliphatic carbocycles. The lowest BCUT2D eigenvalue weighted by molar-refractivity contribution is 0.0517. The molecule has 1 atom stereocenters. The van der Waals surface area contributed by atoms with Crippen molar-refractivity contribution in [1.82, 2.24) is 14.9 Å². The lowest BCUT2D eigenvalue weighted by Gasteiger charge is -2.32. The third-order valence-corrected chi connectivity index (χ3v) is 3.85. The number of hydrogen-bond donors (Lipinski definition) is 1. The molecule has 0 unspecified atom stereocenters. The van der Waals surface area contributed by atoms with E-state index in [4.69, 9.17) is 4.74 Å². The van der Waals surface area contributed by atoms with Crippen LogP contribution in [0.3, 0.4) is 0 Å². The number of carbonyl (C=O) groups is 1. The highest BCUT2D eigenvalue weighted by atomic mass is 19.1. The van der Waals surface area contributed by atoms with Gasteiger partial charge < -0.3 is 14.6 Å². The van der Waals surface area contributed by atoms with Crippen LogP contribution in [0.15, 0.2) is 30.6 Å². The minimum Gasteiger partial charge on any atom is -0.470 e. The Kier molecular flexibility index (Phi) is 4.09. The summed E-state index contributed by atoms with van der Waals surface area (Å²) in [4.78, 5) is 21.2. The Morgan fingerprint density at radius 3 is 3.09 bits per heavy atom. The fourth-order valence-corrected chi connectivity index (χ4v) is 2.69. The molecule has 1 saturated heterocycles. The number of halogens is 1. The number of amides is 1. The molecule has 1 aliphatic rings. The van der Waals surface area contributed by atoms with E-state index < -0.39 is 5.82 Å². The van der Waals surface area contributed by atoms with Gasteiger partial charge >= 0.3 is 0 Å². The number of likely N-dealkylation sites (tertiary alicyclic amines) is 1. The zero-order valence-electron chi connectivity index (χ0n) is 12.4. The van der Waals surface area contributed by atoms with Crippen LogP contribution in [-0.4, -0.2) is 40.0 Å². The Labute approximate surface area is 128 Å². The molecule has 2 aromatic heterocycles. The first-order valence-electron chi connectivity index (χ1n) is 7.35. The zero-order chi connectivity index (χ0) is 15.5. The number of aryl methyl sites for hydroxylation is 1. The highest BCUT2D eigenvalue weighted by Gasteiger charge is 2.27. The molecule has 1 amide bonds. The van der Waals surface area contributed by atoms with E-state index in [2.05, 4.69) is 9.97 Å². The highest BCUT2D eigenvalue weighted by Crippen LogP contribution is 2.21. The Morgan fingerprint density at radius 1 is 1.50 bits per heavy atom. The van der Waals surface area contributed by atoms with Gasteiger partial charge in [-0.2, -0.15) is 0 Å². The molecule has 1 aliphatic heterocycles. The van der Waals surface area contributed by atoms with Crippen LogP contribution in [0, 0.1) is 12.7 Å². The first kappa shape index (κ1) is 14.6. The molecular weight excluding hydrogens is 285 g/mol. The van der Waals surface area contributed by atoms with E-state index in [1.54, 1.807) is 17.2 Å². The van der Waals surface area contributed by atoms with Gasteiger partial charge in [0.15, 0.2) is 5.82 Å². The predicted molar refractivity (Wildman–Crippen MR) is 79.3 cm³/mol. The standard InChI is InChI=1S/C16H18FN3O2/c1-11-13(6-8-18-11)16(21)20-9-3-4-12(10-20)22-15-14(17)5-2-7-19-15/h2,5-8,12,18H,3-4,9-10H2,1H3/t12-/m0/s1. The molecule has 2 aromatic rings. The normalized spacial score (nSPS) is 18.3. The summed E-state index contributed by atoms with van der Waals surface area (Å²) in [5, 5.41) is 0. The Balaban J connectivity index is 1.68. The molecule has 6 heteroatoms. The van der Waals surface area contributed by atoms with Crippen molar-refractivity contribution in [2.45, 2.75) is 25.9 Å². The molecule has 0 aromatic carbocycles. The topological polar surface area (TPSA) is 58.2 Å². The van der Waals surface area contributed by atoms with Crippen molar-refractivity contribution in [3.63, 3.8) is 0 Å². The average molecular weight is 303 g/mol. The number of ether oxygens (including phenoxy) is 1. The van der Waals surface area contributed by atoms with Crippen LogP contribution < -0.4 is 4.74 Å². The SMILES string of the molecule is Cc1[nH]ccc1C(=O)N1CCC[C@H](Oc2ncccc2F)C1. The monoisotopic (exact) mass is 303 g/mol. The van der Waals surface area contributed by atoms with E-state index in [9.17, 15) is 9.18 Å². The summed E-state index contributed by atoms with van der Waals surface area (Å²) in [5.41, 5.74) is 1.52. The zero-order valence-corrected chi connectivity index (χ0v) is 12.4. The van der Waals surface area contributed by atoms with Crippen LogP contribution in [0.2, 0.25) is 0 Å². The van der Waals surface area contributed by atoms with Crippen molar-refractivity contribution in [3.8, 4) is 5.88 Å². The van der Waals surface area contributed by atoms with Crippen LogP contribution in [0.25, 0.3) is 0 Å². The summed E-state index contributed by atoms with van der Waals surface area (Å²) < 4.78 is 19.2. The van der Waals surface area contributed by atoms with Gasteiger partial charge in [-0.15, -0.1) is 0 Å². The first-order chi connectivity index (χ1) is 10.6. The summed E-state index contributed by atoms with van der Waals surface area (Å²) in [7, 11) is 0. The van der Waals surface area contributed by atoms with E-state index in [-0.39, 0.29) is 17.9 Å². The number of carbonyl (C=O) groups excluding carboxylic acids is 1. The number of hydrogen-bond acceptors (Lipinski definition) is 3. The Bertz CT molecular complexity index is 671. The molecule has 1 fully saturated rings. The molecule has 0 saturated carbocycles. The number of nitrogens with zero attached hydrogens (tertiary/aromatic N) is 2. The fourth-order valence-electron chi connectivity index (χ4n) is 2.69. The molecule has 0 radical (unpaired) electrons. The van der Waals surface area contributed by atoms with Crippen LogP contribution in [0.1, 0.15) is 28.9 Å². The van der Waals surface area contributed by atoms with E-state index in [1.807, 2.05) is 6.92 Å². The van der Waals surface area contributed by atoms with Gasteiger partial charge in [0.2, 0.25) is 0 Å². The molecule has 0 spiro atoms. The van der Waals surface area contributed by atoms with E-state index in [0.717, 1.165) is 18.5 Å². The summed E-state index contributed by atoms with van der Waals surface area (Å²) in [5.74, 6) is -0.499. The lowest BCUT2D eigenvalue weighted by atomic mass is 10.1. The number of H-pyrrole nitrogens is 1. The van der Waals surface area contributed by atoms with Gasteiger partial charge in [-0.3, -0.25) is 4.79 Å². The summed E-state index contributed by atoms with van der Waals surface area (Å²) >= 11 is 0. The maximum Gasteiger partial charge on any atom is 0.255 e. The Morgan fingerprint density at radius 2 is 2.36 bits per heavy atom. The van der Waals surface area contributed by atoms with Crippen molar-refractivity contribution in [2.24, 2.45) is 0 Å². The minimum atomic E-state index is -0.479. The lowest BCUT2D eigenvalue weighted by Crippen LogP contribution is -2.44. The van der Waals surface area contributed by atoms with Gasteiger partial charge in [-0.05, 0) is 38.0 Å². The van der Waals surface area contributed by atoms with E-state index >= 15 is 0 Å². The number of pyridine rings is 1. The molecule has 116 valence electrons. The van der Waals surface area contributed by atoms with E-state index in [1.165, 1.54) is 18.3 Å². The van der Waals surface area contributed by atoms with Crippen molar-refractivity contribution >= 4 is 5.91 Å². The van der Waals surface area contributed by atoms with Crippen LogP contribution in [-0.2, 0) is 0 Å².